The van der Waals surface area contributed by atoms with Crippen LogP contribution in [-0.2, 0) is 10.0 Å². The number of aliphatic imine (C=N–C) groups is 1. The maximum absolute atomic E-state index is 12.0. The fraction of sp³-hybridized carbons (Fsp3) is 0.947. The van der Waals surface area contributed by atoms with E-state index < -0.39 is 10.0 Å². The van der Waals surface area contributed by atoms with Crippen LogP contribution in [0.3, 0.4) is 0 Å². The van der Waals surface area contributed by atoms with Crippen LogP contribution < -0.4 is 10.6 Å². The fourth-order valence-corrected chi connectivity index (χ4v) is 5.06. The van der Waals surface area contributed by atoms with Crippen molar-refractivity contribution < 1.29 is 8.42 Å². The lowest BCUT2D eigenvalue weighted by atomic mass is 9.94. The van der Waals surface area contributed by atoms with E-state index >= 15 is 0 Å². The van der Waals surface area contributed by atoms with E-state index in [9.17, 15) is 8.42 Å². The molecule has 0 aromatic heterocycles. The summed E-state index contributed by atoms with van der Waals surface area (Å²) in [5.41, 5.74) is 0. The SMILES string of the molecule is CCNC(=NCCC1CCN(CC)CC1)NC1CCN(S(=O)(=O)CC)CC1. The number of hydrogen-bond donors (Lipinski definition) is 2. The maximum atomic E-state index is 12.0. The van der Waals surface area contributed by atoms with Crippen LogP contribution in [0.2, 0.25) is 0 Å². The molecular weight excluding hydrogens is 362 g/mol. The lowest BCUT2D eigenvalue weighted by Crippen LogP contribution is -2.50. The Balaban J connectivity index is 1.75. The summed E-state index contributed by atoms with van der Waals surface area (Å²) in [5, 5.41) is 6.85. The van der Waals surface area contributed by atoms with Crippen LogP contribution in [-0.4, -0.2) is 81.2 Å². The minimum Gasteiger partial charge on any atom is -0.357 e. The van der Waals surface area contributed by atoms with Gasteiger partial charge in [0.05, 0.1) is 5.75 Å². The molecule has 0 saturated carbocycles. The fourth-order valence-electron chi connectivity index (χ4n) is 3.92. The van der Waals surface area contributed by atoms with Gasteiger partial charge < -0.3 is 15.5 Å². The quantitative estimate of drug-likeness (QED) is 0.476. The molecule has 0 atom stereocenters. The summed E-state index contributed by atoms with van der Waals surface area (Å²) in [6.07, 6.45) is 5.40. The third-order valence-corrected chi connectivity index (χ3v) is 7.74. The molecule has 0 aromatic carbocycles. The Hall–Kier alpha value is -0.860. The second-order valence-corrected chi connectivity index (χ2v) is 9.90. The van der Waals surface area contributed by atoms with Gasteiger partial charge in [-0.25, -0.2) is 12.7 Å². The lowest BCUT2D eigenvalue weighted by molar-refractivity contribution is 0.188. The zero-order valence-corrected chi connectivity index (χ0v) is 18.2. The van der Waals surface area contributed by atoms with Gasteiger partial charge in [-0.05, 0) is 71.5 Å². The van der Waals surface area contributed by atoms with Crippen molar-refractivity contribution in [2.24, 2.45) is 10.9 Å². The topological polar surface area (TPSA) is 77.0 Å². The number of guanidine groups is 1. The second kappa shape index (κ2) is 11.2. The van der Waals surface area contributed by atoms with Crippen molar-refractivity contribution in [2.45, 2.75) is 58.9 Å². The lowest BCUT2D eigenvalue weighted by Gasteiger charge is -2.32. The molecule has 27 heavy (non-hydrogen) atoms. The summed E-state index contributed by atoms with van der Waals surface area (Å²) >= 11 is 0. The molecule has 0 radical (unpaired) electrons. The molecule has 2 saturated heterocycles. The molecular formula is C19H39N5O2S. The molecule has 2 aliphatic heterocycles. The molecule has 0 aliphatic carbocycles. The first-order valence-electron chi connectivity index (χ1n) is 10.7. The normalized spacial score (nSPS) is 22.1. The van der Waals surface area contributed by atoms with Crippen molar-refractivity contribution in [1.29, 1.82) is 0 Å². The first kappa shape index (κ1) is 22.4. The van der Waals surface area contributed by atoms with Crippen molar-refractivity contribution in [3.63, 3.8) is 0 Å². The third kappa shape index (κ3) is 7.23. The standard InChI is InChI=1S/C19H39N5O2S/c1-4-20-19(21-12-7-17-8-13-23(5-2)14-9-17)22-18-10-15-24(16-11-18)27(25,26)6-3/h17-18H,4-16H2,1-3H3,(H2,20,21,22). The Kier molecular flexibility index (Phi) is 9.32. The monoisotopic (exact) mass is 401 g/mol. The average molecular weight is 402 g/mol. The van der Waals surface area contributed by atoms with Crippen LogP contribution >= 0.6 is 0 Å². The molecule has 2 heterocycles. The molecule has 2 N–H and O–H groups in total. The first-order chi connectivity index (χ1) is 13.0. The summed E-state index contributed by atoms with van der Waals surface area (Å²) < 4.78 is 25.6. The molecule has 7 nitrogen and oxygen atoms in total. The molecule has 0 spiro atoms. The van der Waals surface area contributed by atoms with E-state index in [-0.39, 0.29) is 5.75 Å². The second-order valence-electron chi connectivity index (χ2n) is 7.65. The Bertz CT molecular complexity index is 550. The van der Waals surface area contributed by atoms with Gasteiger partial charge in [0, 0.05) is 32.2 Å². The number of sulfonamides is 1. The van der Waals surface area contributed by atoms with Gasteiger partial charge in [0.25, 0.3) is 0 Å². The third-order valence-electron chi connectivity index (χ3n) is 5.86. The molecule has 2 rings (SSSR count). The summed E-state index contributed by atoms with van der Waals surface area (Å²) in [7, 11) is -3.06. The molecule has 2 aliphatic rings. The summed E-state index contributed by atoms with van der Waals surface area (Å²) in [4.78, 5) is 7.30. The number of hydrogen-bond acceptors (Lipinski definition) is 4. The first-order valence-corrected chi connectivity index (χ1v) is 12.3. The Morgan fingerprint density at radius 1 is 1.04 bits per heavy atom. The van der Waals surface area contributed by atoms with Crippen LogP contribution in [0, 0.1) is 5.92 Å². The van der Waals surface area contributed by atoms with Crippen LogP contribution in [0.1, 0.15) is 52.9 Å². The zero-order valence-electron chi connectivity index (χ0n) is 17.4. The van der Waals surface area contributed by atoms with E-state index in [2.05, 4.69) is 29.4 Å². The van der Waals surface area contributed by atoms with E-state index in [1.54, 1.807) is 11.2 Å². The summed E-state index contributed by atoms with van der Waals surface area (Å²) in [6.45, 7) is 12.5. The molecule has 0 unspecified atom stereocenters. The Morgan fingerprint density at radius 2 is 1.70 bits per heavy atom. The Morgan fingerprint density at radius 3 is 2.26 bits per heavy atom. The number of nitrogens with one attached hydrogen (secondary N) is 2. The van der Waals surface area contributed by atoms with Gasteiger partial charge in [-0.2, -0.15) is 0 Å². The molecule has 0 bridgehead atoms. The van der Waals surface area contributed by atoms with Gasteiger partial charge in [0.2, 0.25) is 10.0 Å². The van der Waals surface area contributed by atoms with Crippen molar-refractivity contribution in [2.75, 3.05) is 51.6 Å². The Labute approximate surface area is 166 Å². The largest absolute Gasteiger partial charge is 0.357 e. The van der Waals surface area contributed by atoms with Crippen LogP contribution in [0.4, 0.5) is 0 Å². The van der Waals surface area contributed by atoms with Gasteiger partial charge >= 0.3 is 0 Å². The highest BCUT2D eigenvalue weighted by Gasteiger charge is 2.27. The van der Waals surface area contributed by atoms with Crippen molar-refractivity contribution in [3.8, 4) is 0 Å². The van der Waals surface area contributed by atoms with Gasteiger partial charge in [0.15, 0.2) is 5.96 Å². The van der Waals surface area contributed by atoms with Crippen LogP contribution in [0.25, 0.3) is 0 Å². The molecule has 0 amide bonds. The van der Waals surface area contributed by atoms with E-state index in [0.29, 0.717) is 19.1 Å². The number of piperidine rings is 2. The van der Waals surface area contributed by atoms with E-state index in [1.165, 1.54) is 25.9 Å². The average Bonchev–Trinajstić information content (AvgIpc) is 2.69. The molecule has 2 fully saturated rings. The molecule has 158 valence electrons. The maximum Gasteiger partial charge on any atom is 0.213 e. The van der Waals surface area contributed by atoms with Crippen LogP contribution in [0.15, 0.2) is 4.99 Å². The van der Waals surface area contributed by atoms with Crippen molar-refractivity contribution in [1.82, 2.24) is 19.8 Å². The number of rotatable bonds is 8. The van der Waals surface area contributed by atoms with Crippen molar-refractivity contribution in [3.05, 3.63) is 0 Å². The van der Waals surface area contributed by atoms with Gasteiger partial charge in [0.1, 0.15) is 0 Å². The van der Waals surface area contributed by atoms with Gasteiger partial charge in [-0.1, -0.05) is 6.92 Å². The van der Waals surface area contributed by atoms with E-state index in [4.69, 9.17) is 4.99 Å². The zero-order chi connectivity index (χ0) is 19.7. The number of likely N-dealkylation sites (tertiary alicyclic amines) is 1. The highest BCUT2D eigenvalue weighted by molar-refractivity contribution is 7.89. The number of nitrogens with zero attached hydrogens (tertiary/aromatic N) is 3. The smallest absolute Gasteiger partial charge is 0.213 e. The van der Waals surface area contributed by atoms with E-state index in [1.807, 2.05) is 0 Å². The van der Waals surface area contributed by atoms with Gasteiger partial charge in [-0.15, -0.1) is 0 Å². The highest BCUT2D eigenvalue weighted by atomic mass is 32.2. The highest BCUT2D eigenvalue weighted by Crippen LogP contribution is 2.20. The summed E-state index contributed by atoms with van der Waals surface area (Å²) in [6, 6.07) is 0.291. The van der Waals surface area contributed by atoms with E-state index in [0.717, 1.165) is 50.8 Å². The predicted molar refractivity (Wildman–Crippen MR) is 113 cm³/mol. The van der Waals surface area contributed by atoms with Crippen LogP contribution in [0.5, 0.6) is 0 Å². The minimum absolute atomic E-state index is 0.187. The summed E-state index contributed by atoms with van der Waals surface area (Å²) in [5.74, 6) is 1.86. The van der Waals surface area contributed by atoms with Gasteiger partial charge in [-0.3, -0.25) is 4.99 Å². The predicted octanol–water partition coefficient (Wildman–Crippen LogP) is 1.48. The minimum atomic E-state index is -3.06. The van der Waals surface area contributed by atoms with Crippen molar-refractivity contribution >= 4 is 16.0 Å². The molecule has 8 heteroatoms. The molecule has 0 aromatic rings.